The largest absolute Gasteiger partial charge is 0.267 e. The van der Waals surface area contributed by atoms with E-state index in [-0.39, 0.29) is 33.5 Å². The maximum Gasteiger partial charge on any atom is 0.228 e. The molecule has 1 aromatic heterocycles. The number of benzene rings is 3. The van der Waals surface area contributed by atoms with Crippen molar-refractivity contribution >= 4 is 22.7 Å². The highest BCUT2D eigenvalue weighted by molar-refractivity contribution is 6.09. The molecule has 0 fully saturated rings. The number of hydrogen-bond donors (Lipinski definition) is 1. The van der Waals surface area contributed by atoms with Crippen molar-refractivity contribution in [3.05, 3.63) is 88.7 Å². The van der Waals surface area contributed by atoms with Gasteiger partial charge in [-0.25, -0.2) is 9.98 Å². The molecule has 0 unspecified atom stereocenters. The first-order valence-corrected chi connectivity index (χ1v) is 14.5. The highest BCUT2D eigenvalue weighted by Crippen LogP contribution is 2.63. The second-order valence-corrected chi connectivity index (χ2v) is 14.3. The molecule has 0 atom stereocenters. The van der Waals surface area contributed by atoms with E-state index in [0.29, 0.717) is 0 Å². The fraction of sp³-hybridized carbons (Fsp3) is 0.417. The van der Waals surface area contributed by atoms with Gasteiger partial charge in [-0.3, -0.25) is 9.98 Å². The molecule has 1 N–H and O–H groups in total. The third kappa shape index (κ3) is 3.34. The van der Waals surface area contributed by atoms with Gasteiger partial charge in [0.05, 0.1) is 16.7 Å². The van der Waals surface area contributed by atoms with Crippen LogP contribution in [-0.4, -0.2) is 21.2 Å². The SMILES string of the molecule is CC(C)/C(=N\C(=N)n1cnc2ccccc21)c1ccc2c(c1)C(C)(C)c1cc3c(cc1-2)C(C)(C)C(C)(C)C3(C)C. The first kappa shape index (κ1) is 26.7. The Hall–Kier alpha value is -3.53. The van der Waals surface area contributed by atoms with Gasteiger partial charge >= 0.3 is 0 Å². The molecule has 0 amide bonds. The second-order valence-electron chi connectivity index (χ2n) is 14.3. The van der Waals surface area contributed by atoms with Crippen molar-refractivity contribution in [3.63, 3.8) is 0 Å². The van der Waals surface area contributed by atoms with Gasteiger partial charge in [0.1, 0.15) is 6.33 Å². The fourth-order valence-electron chi connectivity index (χ4n) is 7.25. The maximum atomic E-state index is 8.85. The molecule has 0 saturated carbocycles. The maximum absolute atomic E-state index is 8.85. The van der Waals surface area contributed by atoms with E-state index in [1.54, 1.807) is 10.9 Å². The summed E-state index contributed by atoms with van der Waals surface area (Å²) in [6.45, 7) is 23.6. The first-order chi connectivity index (χ1) is 18.6. The van der Waals surface area contributed by atoms with Crippen LogP contribution >= 0.6 is 0 Å². The lowest BCUT2D eigenvalue weighted by molar-refractivity contribution is 0.125. The molecular formula is C36H42N4. The molecule has 4 heteroatoms. The monoisotopic (exact) mass is 530 g/mol. The van der Waals surface area contributed by atoms with Crippen molar-refractivity contribution < 1.29 is 0 Å². The van der Waals surface area contributed by atoms with Crippen molar-refractivity contribution in [2.45, 2.75) is 85.5 Å². The summed E-state index contributed by atoms with van der Waals surface area (Å²) in [6.07, 6.45) is 1.69. The van der Waals surface area contributed by atoms with Gasteiger partial charge in [-0.05, 0) is 85.4 Å². The molecule has 0 spiro atoms. The van der Waals surface area contributed by atoms with E-state index in [2.05, 4.69) is 105 Å². The van der Waals surface area contributed by atoms with Crippen molar-refractivity contribution in [2.75, 3.05) is 0 Å². The van der Waals surface area contributed by atoms with Crippen LogP contribution in [0, 0.1) is 16.7 Å². The third-order valence-corrected chi connectivity index (χ3v) is 11.0. The molecule has 1 heterocycles. The predicted octanol–water partition coefficient (Wildman–Crippen LogP) is 8.87. The molecule has 206 valence electrons. The highest BCUT2D eigenvalue weighted by atomic mass is 15.2. The van der Waals surface area contributed by atoms with Crippen LogP contribution in [0.1, 0.15) is 97.1 Å². The second kappa shape index (κ2) is 8.25. The lowest BCUT2D eigenvalue weighted by atomic mass is 9.59. The summed E-state index contributed by atoms with van der Waals surface area (Å²) >= 11 is 0. The summed E-state index contributed by atoms with van der Waals surface area (Å²) in [7, 11) is 0. The lowest BCUT2D eigenvalue weighted by Gasteiger charge is -2.44. The number of aliphatic imine (C=N–C) groups is 1. The van der Waals surface area contributed by atoms with Gasteiger partial charge < -0.3 is 0 Å². The van der Waals surface area contributed by atoms with E-state index < -0.39 is 0 Å². The highest BCUT2D eigenvalue weighted by Gasteiger charge is 2.57. The Balaban J connectivity index is 1.47. The van der Waals surface area contributed by atoms with Crippen LogP contribution in [0.3, 0.4) is 0 Å². The molecule has 0 aliphatic heterocycles. The number of aromatic nitrogens is 2. The molecule has 0 bridgehead atoms. The Morgan fingerprint density at radius 1 is 0.775 bits per heavy atom. The van der Waals surface area contributed by atoms with Crippen LogP contribution in [0.5, 0.6) is 0 Å². The minimum atomic E-state index is -0.126. The van der Waals surface area contributed by atoms with Crippen LogP contribution in [-0.2, 0) is 16.2 Å². The van der Waals surface area contributed by atoms with Crippen LogP contribution in [0.4, 0.5) is 0 Å². The Kier molecular flexibility index (Phi) is 5.50. The number of nitrogens with one attached hydrogen (secondary N) is 1. The summed E-state index contributed by atoms with van der Waals surface area (Å²) < 4.78 is 1.76. The molecule has 0 radical (unpaired) electrons. The Morgan fingerprint density at radius 3 is 2.08 bits per heavy atom. The minimum absolute atomic E-state index is 0.0724. The average molecular weight is 531 g/mol. The Labute approximate surface area is 239 Å². The van der Waals surface area contributed by atoms with Gasteiger partial charge in [-0.1, -0.05) is 99.6 Å². The summed E-state index contributed by atoms with van der Waals surface area (Å²) in [4.78, 5) is 9.35. The van der Waals surface area contributed by atoms with Crippen molar-refractivity contribution in [1.82, 2.24) is 9.55 Å². The van der Waals surface area contributed by atoms with E-state index in [1.807, 2.05) is 24.3 Å². The van der Waals surface area contributed by atoms with Crippen molar-refractivity contribution in [1.29, 1.82) is 5.41 Å². The standard InChI is InChI=1S/C36H42N4/c1-21(2)31(39-32(37)40-20-38-29-13-11-12-14-30(29)40)22-15-16-23-24-18-27-28(19-26(24)33(3,4)25(23)17-22)35(7,8)36(9,10)34(27,5)6/h11-21,37H,1-10H3/b37-32?,39-31+. The zero-order valence-electron chi connectivity index (χ0n) is 25.7. The third-order valence-electron chi connectivity index (χ3n) is 11.0. The topological polar surface area (TPSA) is 54.0 Å². The summed E-state index contributed by atoms with van der Waals surface area (Å²) in [5.74, 6) is 0.344. The Bertz CT molecular complexity index is 1740. The van der Waals surface area contributed by atoms with Crippen LogP contribution in [0.25, 0.3) is 22.2 Å². The van der Waals surface area contributed by atoms with Crippen LogP contribution < -0.4 is 0 Å². The van der Waals surface area contributed by atoms with Gasteiger partial charge in [0, 0.05) is 5.41 Å². The molecule has 2 aliphatic rings. The van der Waals surface area contributed by atoms with Crippen molar-refractivity contribution in [2.24, 2.45) is 16.3 Å². The average Bonchev–Trinajstić information content (AvgIpc) is 3.45. The van der Waals surface area contributed by atoms with E-state index >= 15 is 0 Å². The van der Waals surface area contributed by atoms with Crippen LogP contribution in [0.15, 0.2) is 65.9 Å². The lowest BCUT2D eigenvalue weighted by Crippen LogP contribution is -2.42. The van der Waals surface area contributed by atoms with E-state index in [0.717, 1.165) is 22.3 Å². The van der Waals surface area contributed by atoms with E-state index in [4.69, 9.17) is 10.4 Å². The molecular weight excluding hydrogens is 488 g/mol. The van der Waals surface area contributed by atoms with Crippen molar-refractivity contribution in [3.8, 4) is 11.1 Å². The number of nitrogens with zero attached hydrogens (tertiary/aromatic N) is 3. The molecule has 40 heavy (non-hydrogen) atoms. The number of rotatable bonds is 2. The van der Waals surface area contributed by atoms with Gasteiger partial charge in [0.25, 0.3) is 0 Å². The minimum Gasteiger partial charge on any atom is -0.267 e. The van der Waals surface area contributed by atoms with Gasteiger partial charge in [-0.2, -0.15) is 0 Å². The molecule has 4 nitrogen and oxygen atoms in total. The van der Waals surface area contributed by atoms with Gasteiger partial charge in [0.15, 0.2) is 0 Å². The van der Waals surface area contributed by atoms with E-state index in [9.17, 15) is 0 Å². The molecule has 6 rings (SSSR count). The summed E-state index contributed by atoms with van der Waals surface area (Å²) in [5, 5.41) is 8.85. The van der Waals surface area contributed by atoms with E-state index in [1.165, 1.54) is 33.4 Å². The number of para-hydroxylation sites is 2. The molecule has 3 aromatic carbocycles. The molecule has 2 aliphatic carbocycles. The predicted molar refractivity (Wildman–Crippen MR) is 168 cm³/mol. The normalized spacial score (nSPS) is 19.5. The smallest absolute Gasteiger partial charge is 0.228 e. The number of fused-ring (bicyclic) bond motifs is 5. The zero-order chi connectivity index (χ0) is 29.0. The fourth-order valence-corrected chi connectivity index (χ4v) is 7.25. The zero-order valence-corrected chi connectivity index (χ0v) is 25.7. The number of hydrogen-bond acceptors (Lipinski definition) is 2. The number of imidazole rings is 1. The Morgan fingerprint density at radius 2 is 1.40 bits per heavy atom. The summed E-state index contributed by atoms with van der Waals surface area (Å²) in [5.41, 5.74) is 12.4. The van der Waals surface area contributed by atoms with Gasteiger partial charge in [-0.15, -0.1) is 0 Å². The summed E-state index contributed by atoms with van der Waals surface area (Å²) in [6, 6.07) is 19.7. The quantitative estimate of drug-likeness (QED) is 0.204. The first-order valence-electron chi connectivity index (χ1n) is 14.5. The van der Waals surface area contributed by atoms with Crippen LogP contribution in [0.2, 0.25) is 0 Å². The molecule has 0 saturated heterocycles. The van der Waals surface area contributed by atoms with Gasteiger partial charge in [0.2, 0.25) is 5.96 Å². The molecule has 4 aromatic rings.